The van der Waals surface area contributed by atoms with Gasteiger partial charge in [-0.3, -0.25) is 80.8 Å². The van der Waals surface area contributed by atoms with Gasteiger partial charge in [-0.2, -0.15) is 0 Å². The number of thiol groups is 1. The normalized spacial score (nSPS) is 30.1. The van der Waals surface area contributed by atoms with E-state index in [0.29, 0.717) is 0 Å². The number of rotatable bonds is 25. The first kappa shape index (κ1) is 74.0. The second-order valence-electron chi connectivity index (χ2n) is 23.1. The predicted octanol–water partition coefficient (Wildman–Crippen LogP) is -0.607. The Balaban J connectivity index is 0.833. The molecule has 9 N–H and O–H groups in total. The van der Waals surface area contributed by atoms with Gasteiger partial charge >= 0.3 is 55.4 Å². The molecule has 96 heavy (non-hydrogen) atoms. The van der Waals surface area contributed by atoms with Gasteiger partial charge < -0.3 is 70.6 Å². The molecule has 5 aromatic heterocycles. The maximum atomic E-state index is 14.5. The summed E-state index contributed by atoms with van der Waals surface area (Å²) in [5, 5.41) is 10.9. The fraction of sp³-hybridized carbons (Fsp3) is 0.600. The molecule has 0 spiro atoms. The highest BCUT2D eigenvalue weighted by molar-refractivity contribution is 8.44. The van der Waals surface area contributed by atoms with Crippen LogP contribution in [0.2, 0.25) is 0 Å². The summed E-state index contributed by atoms with van der Waals surface area (Å²) in [4.78, 5) is 171. The summed E-state index contributed by atoms with van der Waals surface area (Å²) >= 11 is 20.5. The van der Waals surface area contributed by atoms with Crippen molar-refractivity contribution >= 4 is 74.6 Å². The van der Waals surface area contributed by atoms with Crippen LogP contribution >= 0.6 is 39.2 Å². The molecule has 5 aliphatic rings. The number of aryl methyl sites for hydroxylation is 5. The van der Waals surface area contributed by atoms with E-state index in [4.69, 9.17) is 95.3 Å². The lowest BCUT2D eigenvalue weighted by Gasteiger charge is -2.28. The number of hydrogen-bond donors (Lipinski definition) is 10. The molecule has 10 rings (SSSR count). The van der Waals surface area contributed by atoms with Crippen LogP contribution in [0.4, 0.5) is 0 Å². The zero-order valence-corrected chi connectivity index (χ0v) is 58.1. The van der Waals surface area contributed by atoms with Crippen molar-refractivity contribution in [3.05, 3.63) is 163 Å². The zero-order valence-electron chi connectivity index (χ0n) is 51.2. The first-order valence-corrected chi connectivity index (χ1v) is 39.6. The fourth-order valence-corrected chi connectivity index (χ4v) is 17.0. The highest BCUT2D eigenvalue weighted by Gasteiger charge is 2.48. The number of nitrogens with zero attached hydrogens (tertiary/aromatic N) is 5. The number of aliphatic hydroxyl groups excluding tert-OH is 1. The highest BCUT2D eigenvalue weighted by Crippen LogP contribution is 2.58. The third-order valence-corrected chi connectivity index (χ3v) is 22.4. The third kappa shape index (κ3) is 17.5. The average Bonchev–Trinajstić information content (AvgIpc) is 1.63. The van der Waals surface area contributed by atoms with Crippen LogP contribution in [-0.2, 0) is 99.9 Å². The predicted molar refractivity (Wildman–Crippen MR) is 344 cm³/mol. The summed E-state index contributed by atoms with van der Waals surface area (Å²) in [6, 6.07) is 0. The minimum absolute atomic E-state index is 0.0315. The van der Waals surface area contributed by atoms with Gasteiger partial charge in [-0.1, -0.05) is 12.2 Å². The molecule has 0 aliphatic carbocycles. The van der Waals surface area contributed by atoms with Crippen LogP contribution in [0.3, 0.4) is 0 Å². The van der Waals surface area contributed by atoms with Crippen molar-refractivity contribution in [3.63, 3.8) is 0 Å². The Hall–Kier alpha value is -4.75. The largest absolute Gasteiger partial charge is 0.390 e. The van der Waals surface area contributed by atoms with Gasteiger partial charge in [-0.25, -0.2) is 28.5 Å². The standard InChI is InChI=1S/C50H66N10O28P4S4/c1-21-12-56(46(67)51-41(21)62)36-7-27(61)32(81-36)17-76-90(73,94)86-29-9-38(58-14-23(3)43(64)53-48(58)69)83-34(29)19-78-92(75,96)88-31-11-40(60-16-25(5)45(66)55-50(60)71)84-35(31)20-79-91(74,95)87-30-10-39(59-15-24(4)44(65)54-49(59)70)82-33(30)18-77-89(72,93)85-28-8-37(80-26(28)6)57-13-22(2)42(63)52-47(57)68/h12-16,26-40,61H,7-11,17-20H2,1-6H3,(H,72,93)(H,73,94)(H,74,95)(H,75,96)(H,51,62,67)(H,52,63,68)(H,53,64,69)(H,54,65,70)(H,55,66,71)/t26-,27+,28+,29+,30+,31+,32-,33-,34-,35-,36-,37-,38-,39-,40-,89?,90?,91?,92?/m1/s1. The monoisotopic (exact) mass is 1510 g/mol. The van der Waals surface area contributed by atoms with Crippen molar-refractivity contribution in [2.24, 2.45) is 0 Å². The Kier molecular flexibility index (Phi) is 22.7. The number of aliphatic hydroxyl groups is 1. The molecule has 46 heteroatoms. The molecule has 0 saturated carbocycles. The van der Waals surface area contributed by atoms with Gasteiger partial charge in [-0.15, -0.1) is 0 Å². The first-order valence-electron chi connectivity index (χ1n) is 29.1. The molecule has 0 bridgehead atoms. The van der Waals surface area contributed by atoms with E-state index in [-0.39, 0.29) is 59.9 Å². The number of nitrogens with one attached hydrogen (secondary N) is 5. The number of H-pyrrole nitrogens is 5. The molecule has 5 aromatic rings. The minimum atomic E-state index is -4.72. The molecular formula is C50H66N10O28P4S4. The van der Waals surface area contributed by atoms with Gasteiger partial charge in [0.25, 0.3) is 27.8 Å². The van der Waals surface area contributed by atoms with Crippen LogP contribution in [0.1, 0.15) is 98.0 Å². The van der Waals surface area contributed by atoms with Crippen molar-refractivity contribution in [1.29, 1.82) is 0 Å². The molecule has 0 aromatic carbocycles. The molecule has 0 radical (unpaired) electrons. The van der Waals surface area contributed by atoms with Crippen LogP contribution in [-0.4, -0.2) is 155 Å². The van der Waals surface area contributed by atoms with Gasteiger partial charge in [0.2, 0.25) is 0 Å². The van der Waals surface area contributed by atoms with Crippen molar-refractivity contribution in [3.8, 4) is 0 Å². The fourth-order valence-electron chi connectivity index (χ4n) is 11.0. The summed E-state index contributed by atoms with van der Waals surface area (Å²) in [5.41, 5.74) is -6.99. The number of aromatic nitrogens is 10. The van der Waals surface area contributed by atoms with Crippen molar-refractivity contribution in [2.75, 3.05) is 26.4 Å². The zero-order chi connectivity index (χ0) is 69.8. The lowest BCUT2D eigenvalue weighted by molar-refractivity contribution is -0.0562. The smallest absolute Gasteiger partial charge is 0.386 e. The molecule has 5 aliphatic heterocycles. The summed E-state index contributed by atoms with van der Waals surface area (Å²) in [6.45, 7) is -12.1. The van der Waals surface area contributed by atoms with Gasteiger partial charge in [0, 0.05) is 90.9 Å². The maximum absolute atomic E-state index is 14.5. The van der Waals surface area contributed by atoms with E-state index in [1.165, 1.54) is 65.6 Å². The van der Waals surface area contributed by atoms with Crippen molar-refractivity contribution in [2.45, 2.75) is 166 Å². The molecule has 0 amide bonds. The second kappa shape index (κ2) is 29.4. The quantitative estimate of drug-likeness (QED) is 0.0257. The van der Waals surface area contributed by atoms with Gasteiger partial charge in [0.05, 0.1) is 56.9 Å². The van der Waals surface area contributed by atoms with E-state index in [2.05, 4.69) is 37.2 Å². The molecule has 5 fully saturated rings. The Bertz CT molecular complexity index is 4630. The first-order chi connectivity index (χ1) is 44.9. The number of ether oxygens (including phenoxy) is 5. The van der Waals surface area contributed by atoms with Crippen LogP contribution in [0.15, 0.2) is 78.9 Å². The van der Waals surface area contributed by atoms with E-state index >= 15 is 0 Å². The molecule has 19 atom stereocenters. The minimum Gasteiger partial charge on any atom is -0.390 e. The molecule has 38 nitrogen and oxygen atoms in total. The molecule has 4 unspecified atom stereocenters. The summed E-state index contributed by atoms with van der Waals surface area (Å²) < 4.78 is 96.7. The topological polar surface area (TPSA) is 492 Å². The van der Waals surface area contributed by atoms with E-state index in [0.717, 1.165) is 22.8 Å². The van der Waals surface area contributed by atoms with E-state index in [9.17, 15) is 72.3 Å². The Morgan fingerprint density at radius 2 is 0.677 bits per heavy atom. The van der Waals surface area contributed by atoms with Crippen LogP contribution in [0, 0.1) is 34.6 Å². The lowest BCUT2D eigenvalue weighted by Crippen LogP contribution is -2.33. The van der Waals surface area contributed by atoms with Gasteiger partial charge in [0.1, 0.15) is 61.7 Å². The SMILES string of the molecule is Cc1cn([C@H]2C[C@H](OP(O)(=S)OC[C@H]3O[C@@H](n4cc(C)c(=O)[nH]c4=O)C[C@@H]3OP(=O)(S)OC[C@H]3O[C@@H](n4cc(C)c(=O)[nH]c4=O)C[C@@H]3OP(O)(=S)OC[C@H]3O[C@@H](n4cc(C)c(=O)[nH]c4=O)C[C@@H]3OP(O)(=S)OC[C@H]3O[C@@H](n4cc(C)c(=O)[nH]c4=O)C[C@@H]3O)[C@@H](C)O2)c(=O)[nH]c1=O. The van der Waals surface area contributed by atoms with Crippen molar-refractivity contribution in [1.82, 2.24) is 47.8 Å². The van der Waals surface area contributed by atoms with Gasteiger partial charge in [0.15, 0.2) is 0 Å². The van der Waals surface area contributed by atoms with E-state index in [1.54, 1.807) is 6.92 Å². The number of hydrogen-bond acceptors (Lipinski definition) is 28. The Morgan fingerprint density at radius 3 is 1.01 bits per heavy atom. The van der Waals surface area contributed by atoms with Gasteiger partial charge in [-0.05, 0) is 77.0 Å². The van der Waals surface area contributed by atoms with Crippen LogP contribution in [0.25, 0.3) is 0 Å². The molecule has 5 saturated heterocycles. The molecule has 10 heterocycles. The Labute approximate surface area is 559 Å². The van der Waals surface area contributed by atoms with E-state index < -0.39 is 202 Å². The van der Waals surface area contributed by atoms with Crippen molar-refractivity contribution < 1.29 is 84.2 Å². The lowest BCUT2D eigenvalue weighted by atomic mass is 10.2. The van der Waals surface area contributed by atoms with Crippen LogP contribution < -0.4 is 56.2 Å². The highest BCUT2D eigenvalue weighted by atomic mass is 32.7. The molecular weight excluding hydrogens is 1440 g/mol. The summed E-state index contributed by atoms with van der Waals surface area (Å²) in [5.74, 6) is 0. The number of aromatic amines is 5. The van der Waals surface area contributed by atoms with E-state index in [1.807, 2.05) is 0 Å². The maximum Gasteiger partial charge on any atom is 0.386 e. The van der Waals surface area contributed by atoms with Crippen LogP contribution in [0.5, 0.6) is 0 Å². The molecule has 528 valence electrons. The average molecular weight is 1510 g/mol. The Morgan fingerprint density at radius 1 is 0.427 bits per heavy atom. The third-order valence-electron chi connectivity index (χ3n) is 16.0. The summed E-state index contributed by atoms with van der Waals surface area (Å²) in [6.07, 6.45) is -13.5. The second-order valence-corrected chi connectivity index (χ2v) is 34.3. The summed E-state index contributed by atoms with van der Waals surface area (Å²) in [7, 11) is 0.